The summed E-state index contributed by atoms with van der Waals surface area (Å²) in [6.45, 7) is 0. The molecular formula is C28H26O8. The number of phenols is 7. The molecule has 4 aromatic carbocycles. The fourth-order valence-corrected chi connectivity index (χ4v) is 3.98. The topological polar surface area (TPSA) is 151 Å². The summed E-state index contributed by atoms with van der Waals surface area (Å²) >= 11 is 0. The van der Waals surface area contributed by atoms with Crippen molar-refractivity contribution in [2.45, 2.75) is 25.7 Å². The first-order valence-corrected chi connectivity index (χ1v) is 11.3. The Morgan fingerprint density at radius 2 is 1.06 bits per heavy atom. The van der Waals surface area contributed by atoms with Gasteiger partial charge < -0.3 is 40.5 Å². The number of phenolic OH excluding ortho intramolecular Hbond substituents is 7. The standard InChI is InChI=1S/C28H26O8/c29-20-3-1-2-16(8-20)6-7-19-13-27(24(33)15-23(19)32)36-28-25(34)11-18(12-26(28)35)5-4-17-9-21(30)14-22(31)10-17/h1-3,8-15,29-35H,4-7H2. The molecule has 0 radical (unpaired) electrons. The van der Waals surface area contributed by atoms with Crippen LogP contribution in [0.15, 0.2) is 66.7 Å². The summed E-state index contributed by atoms with van der Waals surface area (Å²) < 4.78 is 5.62. The van der Waals surface area contributed by atoms with Crippen molar-refractivity contribution < 1.29 is 40.5 Å². The summed E-state index contributed by atoms with van der Waals surface area (Å²) in [5.74, 6) is -1.51. The van der Waals surface area contributed by atoms with Gasteiger partial charge in [0.2, 0.25) is 5.75 Å². The zero-order valence-corrected chi connectivity index (χ0v) is 19.2. The van der Waals surface area contributed by atoms with Gasteiger partial charge >= 0.3 is 0 Å². The van der Waals surface area contributed by atoms with Crippen molar-refractivity contribution >= 4 is 0 Å². The van der Waals surface area contributed by atoms with Gasteiger partial charge in [0.15, 0.2) is 23.0 Å². The van der Waals surface area contributed by atoms with E-state index in [0.717, 1.165) is 11.6 Å². The fraction of sp³-hybridized carbons (Fsp3) is 0.143. The summed E-state index contributed by atoms with van der Waals surface area (Å²) in [6, 6.07) is 16.4. The van der Waals surface area contributed by atoms with Crippen molar-refractivity contribution in [3.8, 4) is 51.7 Å². The van der Waals surface area contributed by atoms with Crippen molar-refractivity contribution in [1.82, 2.24) is 0 Å². The van der Waals surface area contributed by atoms with Crippen LogP contribution in [0, 0.1) is 0 Å². The predicted molar refractivity (Wildman–Crippen MR) is 132 cm³/mol. The van der Waals surface area contributed by atoms with Gasteiger partial charge in [-0.3, -0.25) is 0 Å². The predicted octanol–water partition coefficient (Wildman–Crippen LogP) is 4.99. The number of aryl methyl sites for hydroxylation is 4. The smallest absolute Gasteiger partial charge is 0.210 e. The lowest BCUT2D eigenvalue weighted by Crippen LogP contribution is -1.95. The minimum Gasteiger partial charge on any atom is -0.508 e. The largest absolute Gasteiger partial charge is 0.508 e. The molecule has 8 heteroatoms. The Balaban J connectivity index is 1.50. The van der Waals surface area contributed by atoms with Crippen molar-refractivity contribution in [2.24, 2.45) is 0 Å². The Morgan fingerprint density at radius 1 is 0.472 bits per heavy atom. The molecule has 0 unspecified atom stereocenters. The minimum absolute atomic E-state index is 0.0607. The zero-order valence-electron chi connectivity index (χ0n) is 19.2. The molecule has 0 spiro atoms. The Bertz CT molecular complexity index is 1350. The first kappa shape index (κ1) is 24.4. The van der Waals surface area contributed by atoms with Crippen LogP contribution in [-0.4, -0.2) is 35.7 Å². The molecule has 0 fully saturated rings. The number of aromatic hydroxyl groups is 7. The molecular weight excluding hydrogens is 464 g/mol. The maximum absolute atomic E-state index is 10.5. The van der Waals surface area contributed by atoms with Crippen molar-refractivity contribution in [3.63, 3.8) is 0 Å². The van der Waals surface area contributed by atoms with E-state index in [-0.39, 0.29) is 51.7 Å². The van der Waals surface area contributed by atoms with Gasteiger partial charge in [0.05, 0.1) is 0 Å². The van der Waals surface area contributed by atoms with Crippen LogP contribution in [0.4, 0.5) is 0 Å². The summed E-state index contributed by atoms with van der Waals surface area (Å²) in [5, 5.41) is 70.4. The number of ether oxygens (including phenoxy) is 1. The van der Waals surface area contributed by atoms with E-state index in [1.54, 1.807) is 18.2 Å². The molecule has 0 amide bonds. The first-order valence-electron chi connectivity index (χ1n) is 11.3. The van der Waals surface area contributed by atoms with Gasteiger partial charge in [-0.2, -0.15) is 0 Å². The summed E-state index contributed by atoms with van der Waals surface area (Å²) in [6.07, 6.45) is 1.72. The van der Waals surface area contributed by atoms with Crippen molar-refractivity contribution in [2.75, 3.05) is 0 Å². The van der Waals surface area contributed by atoms with Gasteiger partial charge in [0.25, 0.3) is 0 Å². The van der Waals surface area contributed by atoms with Crippen LogP contribution in [0.25, 0.3) is 0 Å². The second-order valence-corrected chi connectivity index (χ2v) is 8.54. The van der Waals surface area contributed by atoms with Crippen LogP contribution in [0.2, 0.25) is 0 Å². The van der Waals surface area contributed by atoms with Crippen molar-refractivity contribution in [1.29, 1.82) is 0 Å². The average molecular weight is 491 g/mol. The maximum Gasteiger partial charge on any atom is 0.210 e. The third-order valence-corrected chi connectivity index (χ3v) is 5.74. The molecule has 0 saturated heterocycles. The van der Waals surface area contributed by atoms with Crippen LogP contribution in [-0.2, 0) is 25.7 Å². The summed E-state index contributed by atoms with van der Waals surface area (Å²) in [7, 11) is 0. The molecule has 0 saturated carbocycles. The van der Waals surface area contributed by atoms with Crippen LogP contribution < -0.4 is 4.74 Å². The highest BCUT2D eigenvalue weighted by atomic mass is 16.5. The third kappa shape index (κ3) is 5.85. The summed E-state index contributed by atoms with van der Waals surface area (Å²) in [5.41, 5.74) is 2.59. The zero-order chi connectivity index (χ0) is 25.8. The fourth-order valence-electron chi connectivity index (χ4n) is 3.98. The molecule has 7 N–H and O–H groups in total. The van der Waals surface area contributed by atoms with E-state index in [0.29, 0.717) is 42.4 Å². The first-order chi connectivity index (χ1) is 17.2. The molecule has 36 heavy (non-hydrogen) atoms. The van der Waals surface area contributed by atoms with E-state index in [9.17, 15) is 35.7 Å². The van der Waals surface area contributed by atoms with Gasteiger partial charge in [-0.1, -0.05) is 12.1 Å². The van der Waals surface area contributed by atoms with Crippen LogP contribution in [0.3, 0.4) is 0 Å². The lowest BCUT2D eigenvalue weighted by atomic mass is 10.0. The lowest BCUT2D eigenvalue weighted by Gasteiger charge is -2.14. The number of hydrogen-bond donors (Lipinski definition) is 7. The second kappa shape index (κ2) is 10.3. The molecule has 0 aliphatic heterocycles. The van der Waals surface area contributed by atoms with Gasteiger partial charge in [0.1, 0.15) is 23.0 Å². The van der Waals surface area contributed by atoms with E-state index < -0.39 is 0 Å². The molecule has 0 aliphatic carbocycles. The Morgan fingerprint density at radius 3 is 1.69 bits per heavy atom. The number of rotatable bonds is 8. The van der Waals surface area contributed by atoms with Gasteiger partial charge in [0, 0.05) is 12.1 Å². The number of benzene rings is 4. The highest BCUT2D eigenvalue weighted by Gasteiger charge is 2.17. The molecule has 4 rings (SSSR count). The van der Waals surface area contributed by atoms with E-state index >= 15 is 0 Å². The lowest BCUT2D eigenvalue weighted by molar-refractivity contribution is 0.357. The molecule has 0 bridgehead atoms. The van der Waals surface area contributed by atoms with Crippen LogP contribution in [0.1, 0.15) is 22.3 Å². The van der Waals surface area contributed by atoms with Gasteiger partial charge in [-0.05, 0) is 90.4 Å². The highest BCUT2D eigenvalue weighted by molar-refractivity contribution is 5.57. The average Bonchev–Trinajstić information content (AvgIpc) is 2.80. The van der Waals surface area contributed by atoms with E-state index in [1.807, 2.05) is 6.07 Å². The number of hydrogen-bond acceptors (Lipinski definition) is 8. The third-order valence-electron chi connectivity index (χ3n) is 5.74. The summed E-state index contributed by atoms with van der Waals surface area (Å²) in [4.78, 5) is 0. The molecule has 0 aliphatic rings. The molecule has 0 aromatic heterocycles. The molecule has 186 valence electrons. The Kier molecular flexibility index (Phi) is 6.96. The Hall–Kier alpha value is -4.72. The monoisotopic (exact) mass is 490 g/mol. The molecule has 0 heterocycles. The maximum atomic E-state index is 10.5. The Labute approximate surface area is 207 Å². The van der Waals surface area contributed by atoms with Gasteiger partial charge in [-0.25, -0.2) is 0 Å². The minimum atomic E-state index is -0.375. The molecule has 4 aromatic rings. The SMILES string of the molecule is Oc1cc(O)cc(CCc2cc(O)c(Oc3cc(CCc4cccc(O)c4)c(O)cc3O)c(O)c2)c1. The van der Waals surface area contributed by atoms with Crippen LogP contribution in [0.5, 0.6) is 51.7 Å². The quantitative estimate of drug-likeness (QED) is 0.183. The van der Waals surface area contributed by atoms with Gasteiger partial charge in [-0.15, -0.1) is 0 Å². The van der Waals surface area contributed by atoms with Crippen molar-refractivity contribution in [3.05, 3.63) is 89.0 Å². The molecule has 8 nitrogen and oxygen atoms in total. The molecule has 0 atom stereocenters. The normalized spacial score (nSPS) is 10.9. The van der Waals surface area contributed by atoms with E-state index in [2.05, 4.69) is 0 Å². The van der Waals surface area contributed by atoms with E-state index in [1.165, 1.54) is 36.4 Å². The van der Waals surface area contributed by atoms with E-state index in [4.69, 9.17) is 4.74 Å². The second-order valence-electron chi connectivity index (χ2n) is 8.54. The highest BCUT2D eigenvalue weighted by Crippen LogP contribution is 2.44. The van der Waals surface area contributed by atoms with Crippen LogP contribution >= 0.6 is 0 Å².